The van der Waals surface area contributed by atoms with Gasteiger partial charge in [0, 0.05) is 19.5 Å². The van der Waals surface area contributed by atoms with E-state index in [0.29, 0.717) is 11.1 Å². The molecule has 1 saturated heterocycles. The summed E-state index contributed by atoms with van der Waals surface area (Å²) in [5.41, 5.74) is 1.08. The summed E-state index contributed by atoms with van der Waals surface area (Å²) in [6.07, 6.45) is 1.04. The molecule has 0 spiro atoms. The average molecular weight is 489 g/mol. The second-order valence-electron chi connectivity index (χ2n) is 8.25. The van der Waals surface area contributed by atoms with Gasteiger partial charge in [0.15, 0.2) is 0 Å². The van der Waals surface area contributed by atoms with Crippen molar-refractivity contribution in [3.05, 3.63) is 68.9 Å². The van der Waals surface area contributed by atoms with Gasteiger partial charge >= 0.3 is 23.5 Å². The molecule has 13 nitrogen and oxygen atoms in total. The molecule has 3 amide bonds. The minimum absolute atomic E-state index is 0.146. The number of aromatic nitrogens is 2. The summed E-state index contributed by atoms with van der Waals surface area (Å²) in [5, 5.41) is 16.4. The molecule has 182 valence electrons. The molecule has 0 bridgehead atoms. The zero-order valence-corrected chi connectivity index (χ0v) is 19.5. The molecule has 1 atom stereocenters. The van der Waals surface area contributed by atoms with Crippen molar-refractivity contribution in [2.45, 2.75) is 6.04 Å². The van der Waals surface area contributed by atoms with E-state index in [4.69, 9.17) is 0 Å². The number of nitrogens with one attached hydrogen (secondary N) is 2. The lowest BCUT2D eigenvalue weighted by Gasteiger charge is -2.30. The maximum absolute atomic E-state index is 12.6. The highest BCUT2D eigenvalue weighted by atomic mass is 16.3. The number of guanidine groups is 1. The largest absolute Gasteiger partial charge is 0.493 e. The zero-order chi connectivity index (χ0) is 25.7. The molecule has 0 aliphatic carbocycles. The fourth-order valence-electron chi connectivity index (χ4n) is 4.22. The minimum Gasteiger partial charge on any atom is -0.493 e. The Kier molecular flexibility index (Phi) is 5.19. The first-order valence-electron chi connectivity index (χ1n) is 10.8. The topological polar surface area (TPSA) is 157 Å². The summed E-state index contributed by atoms with van der Waals surface area (Å²) in [6.45, 7) is 0. The number of aromatic hydroxyl groups is 1. The van der Waals surface area contributed by atoms with Crippen LogP contribution in [0.5, 0.6) is 5.88 Å². The van der Waals surface area contributed by atoms with Crippen molar-refractivity contribution in [3.8, 4) is 11.6 Å². The number of urea groups is 1. The van der Waals surface area contributed by atoms with Crippen LogP contribution in [0.15, 0.2) is 57.2 Å². The number of hydrogen-bond donors (Lipinski definition) is 3. The van der Waals surface area contributed by atoms with Gasteiger partial charge in [-0.3, -0.25) is 19.5 Å². The number of H-pyrrole nitrogens is 1. The normalized spacial score (nSPS) is 17.6. The third-order valence-electron chi connectivity index (χ3n) is 6.16. The smallest absolute Gasteiger partial charge is 0.421 e. The summed E-state index contributed by atoms with van der Waals surface area (Å²) >= 11 is 0. The quantitative estimate of drug-likeness (QED) is 0.241. The van der Waals surface area contributed by atoms with E-state index in [-0.39, 0.29) is 17.4 Å². The van der Waals surface area contributed by atoms with Crippen LogP contribution in [-0.4, -0.2) is 86.5 Å². The SMILES string of the molecule is CN1C(=O)C2C(=[N+]=C(N/N=C/c3c(O)n(-c4cccc5ccccc45)c(=O)[nH]c3=O)N2C)N(C)C1=O. The Morgan fingerprint density at radius 2 is 1.75 bits per heavy atom. The number of aromatic amines is 1. The molecule has 1 unspecified atom stereocenters. The van der Waals surface area contributed by atoms with Gasteiger partial charge in [0.1, 0.15) is 5.56 Å². The van der Waals surface area contributed by atoms with Crippen molar-refractivity contribution < 1.29 is 14.7 Å². The van der Waals surface area contributed by atoms with E-state index in [1.165, 1.54) is 23.9 Å². The number of imide groups is 1. The highest BCUT2D eigenvalue weighted by Gasteiger charge is 2.53. The van der Waals surface area contributed by atoms with E-state index in [9.17, 15) is 24.3 Å². The monoisotopic (exact) mass is 489 g/mol. The van der Waals surface area contributed by atoms with E-state index >= 15 is 0 Å². The third kappa shape index (κ3) is 3.34. The van der Waals surface area contributed by atoms with Gasteiger partial charge in [-0.05, 0) is 11.5 Å². The van der Waals surface area contributed by atoms with Crippen molar-refractivity contribution >= 4 is 40.7 Å². The lowest BCUT2D eigenvalue weighted by molar-refractivity contribution is -0.130. The fraction of sp³-hybridized carbons (Fsp3) is 0.174. The van der Waals surface area contributed by atoms with Gasteiger partial charge in [0.25, 0.3) is 11.5 Å². The Bertz CT molecular complexity index is 1660. The average Bonchev–Trinajstić information content (AvgIpc) is 3.19. The van der Waals surface area contributed by atoms with Crippen LogP contribution in [0.2, 0.25) is 0 Å². The first-order chi connectivity index (χ1) is 17.2. The number of nitrogens with zero attached hydrogens (tertiary/aromatic N) is 6. The van der Waals surface area contributed by atoms with Gasteiger partial charge in [0.05, 0.1) is 18.9 Å². The summed E-state index contributed by atoms with van der Waals surface area (Å²) in [6, 6.07) is 11.2. The van der Waals surface area contributed by atoms with Crippen molar-refractivity contribution in [1.29, 1.82) is 0 Å². The van der Waals surface area contributed by atoms with Crippen molar-refractivity contribution in [2.24, 2.45) is 5.10 Å². The number of hydrogen-bond acceptors (Lipinski definition) is 8. The highest BCUT2D eigenvalue weighted by Crippen LogP contribution is 2.24. The number of carbonyl (C=O) groups excluding carboxylic acids is 2. The minimum atomic E-state index is -0.841. The van der Waals surface area contributed by atoms with Gasteiger partial charge in [0.2, 0.25) is 11.9 Å². The number of rotatable bonds is 3. The molecule has 0 radical (unpaired) electrons. The number of hydrazone groups is 1. The number of carbonyl (C=O) groups is 2. The lowest BCUT2D eigenvalue weighted by Crippen LogP contribution is -2.63. The predicted molar refractivity (Wildman–Crippen MR) is 132 cm³/mol. The van der Waals surface area contributed by atoms with Crippen LogP contribution in [0.3, 0.4) is 0 Å². The number of fused-ring (bicyclic) bond motifs is 2. The second kappa shape index (κ2) is 8.25. The molecule has 3 aromatic rings. The van der Waals surface area contributed by atoms with E-state index in [1.807, 2.05) is 18.2 Å². The maximum atomic E-state index is 12.6. The van der Waals surface area contributed by atoms with Crippen LogP contribution in [0.25, 0.3) is 16.5 Å². The van der Waals surface area contributed by atoms with Crippen LogP contribution in [0.1, 0.15) is 5.56 Å². The summed E-state index contributed by atoms with van der Waals surface area (Å²) in [4.78, 5) is 55.8. The van der Waals surface area contributed by atoms with Crippen LogP contribution in [0, 0.1) is 0 Å². The number of likely N-dealkylation sites (N-methyl/N-ethyl adjacent to an activating group) is 3. The van der Waals surface area contributed by atoms with Crippen molar-refractivity contribution in [1.82, 2.24) is 34.3 Å². The Morgan fingerprint density at radius 1 is 1.03 bits per heavy atom. The van der Waals surface area contributed by atoms with Gasteiger partial charge in [-0.1, -0.05) is 36.4 Å². The number of amides is 3. The first-order valence-corrected chi connectivity index (χ1v) is 10.8. The molecule has 0 saturated carbocycles. The Labute approximate surface area is 202 Å². The van der Waals surface area contributed by atoms with Gasteiger partial charge in [-0.25, -0.2) is 28.6 Å². The Hall–Kier alpha value is -5.16. The molecule has 2 aliphatic rings. The summed E-state index contributed by atoms with van der Waals surface area (Å²) in [5.74, 6) is -0.671. The molecule has 1 fully saturated rings. The summed E-state index contributed by atoms with van der Waals surface area (Å²) < 4.78 is 5.28. The first kappa shape index (κ1) is 22.6. The molecule has 2 aromatic carbocycles. The molecule has 2 aliphatic heterocycles. The van der Waals surface area contributed by atoms with Gasteiger partial charge < -0.3 is 5.11 Å². The standard InChI is InChI=1S/C23H20N8O5/c1-28-16-17(29(2)23(36)30(3)20(16)34)25-21(28)27-24-11-14-18(32)26-22(35)31(19(14)33)15-10-6-8-12-7-4-5-9-13(12)15/h4-11,16H,1-3H3,(H2,24,26,32,33,35)/p+1. The molecule has 3 heterocycles. The van der Waals surface area contributed by atoms with E-state index in [0.717, 1.165) is 21.1 Å². The van der Waals surface area contributed by atoms with Crippen molar-refractivity contribution in [3.63, 3.8) is 0 Å². The van der Waals surface area contributed by atoms with Crippen LogP contribution >= 0.6 is 0 Å². The predicted octanol–water partition coefficient (Wildman–Crippen LogP) is -1.03. The second-order valence-corrected chi connectivity index (χ2v) is 8.25. The van der Waals surface area contributed by atoms with E-state index in [1.54, 1.807) is 31.3 Å². The molecule has 5 rings (SSSR count). The maximum Gasteiger partial charge on any atom is 0.421 e. The molecule has 1 aromatic heterocycles. The lowest BCUT2D eigenvalue weighted by atomic mass is 10.1. The summed E-state index contributed by atoms with van der Waals surface area (Å²) in [7, 11) is 4.49. The van der Waals surface area contributed by atoms with E-state index in [2.05, 4.69) is 20.2 Å². The Morgan fingerprint density at radius 3 is 2.53 bits per heavy atom. The molecular formula is C23H21N8O5+. The fourth-order valence-corrected chi connectivity index (χ4v) is 4.22. The molecule has 3 N–H and O–H groups in total. The van der Waals surface area contributed by atoms with Crippen molar-refractivity contribution in [2.75, 3.05) is 21.1 Å². The van der Waals surface area contributed by atoms with E-state index < -0.39 is 35.1 Å². The van der Waals surface area contributed by atoms with Gasteiger partial charge in [-0.15, -0.1) is 5.10 Å². The van der Waals surface area contributed by atoms with Crippen LogP contribution in [0.4, 0.5) is 4.79 Å². The van der Waals surface area contributed by atoms with Crippen LogP contribution < -0.4 is 21.3 Å². The Balaban J connectivity index is 1.51. The highest BCUT2D eigenvalue weighted by molar-refractivity contribution is 6.23. The zero-order valence-electron chi connectivity index (χ0n) is 19.5. The van der Waals surface area contributed by atoms with Gasteiger partial charge in [-0.2, -0.15) is 5.43 Å². The number of amidine groups is 1. The number of benzene rings is 2. The van der Waals surface area contributed by atoms with Crippen LogP contribution in [-0.2, 0) is 4.79 Å². The molecule has 13 heteroatoms. The third-order valence-corrected chi connectivity index (χ3v) is 6.16. The molecular weight excluding hydrogens is 468 g/mol. The molecule has 36 heavy (non-hydrogen) atoms.